The Hall–Kier alpha value is -0.650. The van der Waals surface area contributed by atoms with Gasteiger partial charge in [-0.05, 0) is 28.1 Å². The summed E-state index contributed by atoms with van der Waals surface area (Å²) >= 11 is 1.78. The Kier molecular flexibility index (Phi) is 4.86. The molecule has 0 aliphatic carbocycles. The molecule has 14 heavy (non-hydrogen) atoms. The normalized spacial score (nSPS) is 14.1. The third-order valence-electron chi connectivity index (χ3n) is 1.78. The maximum absolute atomic E-state index is 3.75. The monoisotopic (exact) mass is 222 g/mol. The molecule has 0 aliphatic heterocycles. The quantitative estimate of drug-likeness (QED) is 0.684. The maximum atomic E-state index is 3.75. The van der Waals surface area contributed by atoms with E-state index >= 15 is 0 Å². The highest BCUT2D eigenvalue weighted by atomic mass is 32.1. The predicted molar refractivity (Wildman–Crippen MR) is 71.4 cm³/mol. The molecule has 0 fully saturated rings. The van der Waals surface area contributed by atoms with Crippen molar-refractivity contribution in [2.45, 2.75) is 6.92 Å². The van der Waals surface area contributed by atoms with Gasteiger partial charge in [0.2, 0.25) is 0 Å². The van der Waals surface area contributed by atoms with Crippen molar-refractivity contribution in [2.24, 2.45) is 0 Å². The van der Waals surface area contributed by atoms with E-state index in [2.05, 4.69) is 37.6 Å². The number of hydrogen-bond acceptors (Lipinski definition) is 1. The summed E-state index contributed by atoms with van der Waals surface area (Å²) in [5.74, 6) is 0. The van der Waals surface area contributed by atoms with Crippen molar-refractivity contribution in [3.05, 3.63) is 40.4 Å². The molecule has 0 aliphatic rings. The smallest absolute Gasteiger partial charge is 0.0349 e. The van der Waals surface area contributed by atoms with Crippen LogP contribution in [0.5, 0.6) is 0 Å². The standard InChI is InChI=1S/C12H15PS/c1-4-7-10-11(13-6-3)9-14-12(10)8-5-2/h4-5,7-9,13H,1-2,6H2,3H3/b10-7-,12-8+. The molecular formula is C12H15PS. The minimum Gasteiger partial charge on any atom is -0.143 e. The third kappa shape index (κ3) is 2.67. The highest BCUT2D eigenvalue weighted by Gasteiger charge is 1.96. The average Bonchev–Trinajstić information content (AvgIpc) is 2.52. The molecule has 0 nitrogen and oxygen atoms in total. The van der Waals surface area contributed by atoms with Gasteiger partial charge in [-0.15, -0.1) is 11.3 Å². The fraction of sp³-hybridized carbons (Fsp3) is 0.167. The Bertz CT molecular complexity index is 426. The van der Waals surface area contributed by atoms with Crippen molar-refractivity contribution in [2.75, 3.05) is 6.16 Å². The van der Waals surface area contributed by atoms with Gasteiger partial charge in [0.25, 0.3) is 0 Å². The molecule has 74 valence electrons. The number of rotatable bonds is 4. The van der Waals surface area contributed by atoms with Gasteiger partial charge in [0.05, 0.1) is 0 Å². The van der Waals surface area contributed by atoms with Crippen LogP contribution < -0.4 is 15.1 Å². The summed E-state index contributed by atoms with van der Waals surface area (Å²) in [6.07, 6.45) is 9.05. The lowest BCUT2D eigenvalue weighted by atomic mass is 10.3. The number of thiophene rings is 1. The predicted octanol–water partition coefficient (Wildman–Crippen LogP) is 2.00. The Balaban J connectivity index is 3.35. The SMILES string of the molecule is C=C/C=c1/c(PCC)cs/c1=C/C=C. The molecular weight excluding hydrogens is 207 g/mol. The van der Waals surface area contributed by atoms with Gasteiger partial charge in [-0.1, -0.05) is 46.9 Å². The van der Waals surface area contributed by atoms with E-state index in [0.29, 0.717) is 0 Å². The van der Waals surface area contributed by atoms with Crippen LogP contribution in [-0.2, 0) is 0 Å². The van der Waals surface area contributed by atoms with Crippen LogP contribution in [0.15, 0.2) is 30.7 Å². The summed E-state index contributed by atoms with van der Waals surface area (Å²) in [7, 11) is 0.898. The van der Waals surface area contributed by atoms with Crippen molar-refractivity contribution >= 4 is 37.4 Å². The maximum Gasteiger partial charge on any atom is 0.0349 e. The summed E-state index contributed by atoms with van der Waals surface area (Å²) in [4.78, 5) is 0. The Morgan fingerprint density at radius 2 is 2.07 bits per heavy atom. The van der Waals surface area contributed by atoms with Crippen LogP contribution in [0.4, 0.5) is 0 Å². The van der Waals surface area contributed by atoms with E-state index in [1.165, 1.54) is 21.2 Å². The van der Waals surface area contributed by atoms with E-state index in [0.717, 1.165) is 8.58 Å². The van der Waals surface area contributed by atoms with Gasteiger partial charge in [-0.2, -0.15) is 0 Å². The van der Waals surface area contributed by atoms with Crippen molar-refractivity contribution in [1.29, 1.82) is 0 Å². The molecule has 1 aromatic rings. The van der Waals surface area contributed by atoms with E-state index in [1.807, 2.05) is 12.2 Å². The zero-order valence-corrected chi connectivity index (χ0v) is 10.2. The van der Waals surface area contributed by atoms with Crippen molar-refractivity contribution < 1.29 is 0 Å². The molecule has 1 heterocycles. The van der Waals surface area contributed by atoms with Gasteiger partial charge >= 0.3 is 0 Å². The molecule has 1 unspecified atom stereocenters. The first-order valence-electron chi connectivity index (χ1n) is 4.60. The van der Waals surface area contributed by atoms with Gasteiger partial charge in [0, 0.05) is 4.53 Å². The van der Waals surface area contributed by atoms with Crippen molar-refractivity contribution in [3.8, 4) is 0 Å². The first kappa shape index (κ1) is 11.4. The second-order valence-corrected chi connectivity index (χ2v) is 5.27. The lowest BCUT2D eigenvalue weighted by molar-refractivity contribution is 1.52. The zero-order chi connectivity index (χ0) is 10.4. The molecule has 0 bridgehead atoms. The molecule has 0 aromatic carbocycles. The van der Waals surface area contributed by atoms with Crippen LogP contribution in [-0.4, -0.2) is 6.16 Å². The van der Waals surface area contributed by atoms with Crippen LogP contribution in [0.3, 0.4) is 0 Å². The summed E-state index contributed by atoms with van der Waals surface area (Å²) in [6.45, 7) is 9.69. The number of hydrogen-bond donors (Lipinski definition) is 0. The topological polar surface area (TPSA) is 0 Å². The summed E-state index contributed by atoms with van der Waals surface area (Å²) < 4.78 is 1.29. The molecule has 0 radical (unpaired) electrons. The second-order valence-electron chi connectivity index (χ2n) is 2.76. The minimum atomic E-state index is 0.898. The minimum absolute atomic E-state index is 0.898. The molecule has 1 atom stereocenters. The van der Waals surface area contributed by atoms with E-state index < -0.39 is 0 Å². The van der Waals surface area contributed by atoms with E-state index in [-0.39, 0.29) is 0 Å². The highest BCUT2D eigenvalue weighted by molar-refractivity contribution is 7.47. The van der Waals surface area contributed by atoms with Crippen LogP contribution >= 0.6 is 19.9 Å². The fourth-order valence-corrected chi connectivity index (χ4v) is 3.48. The first-order valence-corrected chi connectivity index (χ1v) is 6.69. The van der Waals surface area contributed by atoms with Gasteiger partial charge < -0.3 is 0 Å². The second kappa shape index (κ2) is 5.95. The first-order chi connectivity index (χ1) is 6.83. The summed E-state index contributed by atoms with van der Waals surface area (Å²) in [5, 5.41) is 5.02. The highest BCUT2D eigenvalue weighted by Crippen LogP contribution is 2.05. The van der Waals surface area contributed by atoms with E-state index in [1.54, 1.807) is 11.3 Å². The molecule has 0 spiro atoms. The zero-order valence-electron chi connectivity index (χ0n) is 8.42. The van der Waals surface area contributed by atoms with Crippen LogP contribution in [0.1, 0.15) is 6.92 Å². The van der Waals surface area contributed by atoms with Crippen LogP contribution in [0, 0.1) is 0 Å². The molecule has 0 amide bonds. The van der Waals surface area contributed by atoms with Crippen molar-refractivity contribution in [3.63, 3.8) is 0 Å². The molecule has 0 saturated carbocycles. The van der Waals surface area contributed by atoms with Crippen molar-refractivity contribution in [1.82, 2.24) is 0 Å². The Labute approximate surface area is 91.1 Å². The van der Waals surface area contributed by atoms with Gasteiger partial charge in [-0.3, -0.25) is 0 Å². The average molecular weight is 222 g/mol. The molecule has 1 rings (SSSR count). The lowest BCUT2D eigenvalue weighted by Crippen LogP contribution is -2.28. The third-order valence-corrected chi connectivity index (χ3v) is 4.10. The van der Waals surface area contributed by atoms with Crippen LogP contribution in [0.2, 0.25) is 0 Å². The molecule has 0 N–H and O–H groups in total. The van der Waals surface area contributed by atoms with Gasteiger partial charge in [-0.25, -0.2) is 0 Å². The number of allylic oxidation sites excluding steroid dienone is 2. The fourth-order valence-electron chi connectivity index (χ4n) is 1.24. The van der Waals surface area contributed by atoms with Crippen LogP contribution in [0.25, 0.3) is 12.2 Å². The lowest BCUT2D eigenvalue weighted by Gasteiger charge is -1.91. The molecule has 2 heteroatoms. The Morgan fingerprint density at radius 1 is 1.36 bits per heavy atom. The molecule has 1 aromatic heterocycles. The molecule has 0 saturated heterocycles. The summed E-state index contributed by atoms with van der Waals surface area (Å²) in [6, 6.07) is 0. The van der Waals surface area contributed by atoms with E-state index in [9.17, 15) is 0 Å². The Morgan fingerprint density at radius 3 is 2.64 bits per heavy atom. The summed E-state index contributed by atoms with van der Waals surface area (Å²) in [5.41, 5.74) is 0. The van der Waals surface area contributed by atoms with E-state index in [4.69, 9.17) is 0 Å². The largest absolute Gasteiger partial charge is 0.143 e. The van der Waals surface area contributed by atoms with Gasteiger partial charge in [0.15, 0.2) is 0 Å². The van der Waals surface area contributed by atoms with Gasteiger partial charge in [0.1, 0.15) is 0 Å².